The predicted molar refractivity (Wildman–Crippen MR) is 59.8 cm³/mol. The van der Waals surface area contributed by atoms with E-state index in [1.54, 1.807) is 18.2 Å². The Bertz CT molecular complexity index is 593. The minimum Gasteiger partial charge on any atom is -0.472 e. The summed E-state index contributed by atoms with van der Waals surface area (Å²) in [4.78, 5) is 11.7. The number of alkyl halides is 3. The van der Waals surface area contributed by atoms with E-state index in [0.717, 1.165) is 6.20 Å². The lowest BCUT2D eigenvalue weighted by molar-refractivity contribution is -0.136. The first-order valence-corrected chi connectivity index (χ1v) is 4.69. The lowest BCUT2D eigenvalue weighted by Gasteiger charge is -2.02. The number of nitrogens with one attached hydrogen (secondary N) is 1. The van der Waals surface area contributed by atoms with E-state index in [1.165, 1.54) is 12.0 Å². The third kappa shape index (κ3) is 3.28. The highest BCUT2D eigenvalue weighted by atomic mass is 19.4. The van der Waals surface area contributed by atoms with Gasteiger partial charge in [0.1, 0.15) is 0 Å². The molecule has 1 aromatic carbocycles. The van der Waals surface area contributed by atoms with Crippen LogP contribution in [0.1, 0.15) is 5.56 Å². The second-order valence-electron chi connectivity index (χ2n) is 3.20. The molecule has 0 bridgehead atoms. The summed E-state index contributed by atoms with van der Waals surface area (Å²) >= 11 is 0. The zero-order valence-electron chi connectivity index (χ0n) is 8.95. The fourth-order valence-electron chi connectivity index (χ4n) is 1.31. The zero-order chi connectivity index (χ0) is 13.8. The van der Waals surface area contributed by atoms with Crippen LogP contribution < -0.4 is 0 Å². The Morgan fingerprint density at radius 1 is 1.33 bits per heavy atom. The molecule has 0 aliphatic heterocycles. The highest BCUT2D eigenvalue weighted by molar-refractivity contribution is 5.85. The van der Waals surface area contributed by atoms with Crippen LogP contribution in [0, 0.1) is 12.3 Å². The van der Waals surface area contributed by atoms with Crippen molar-refractivity contribution in [2.75, 3.05) is 0 Å². The number of carboxylic acid groups (broad SMARTS) is 1. The highest BCUT2D eigenvalue weighted by Crippen LogP contribution is 2.34. The van der Waals surface area contributed by atoms with E-state index < -0.39 is 17.7 Å². The van der Waals surface area contributed by atoms with Crippen molar-refractivity contribution in [3.63, 3.8) is 0 Å². The predicted octanol–water partition coefficient (Wildman–Crippen LogP) is 2.89. The second kappa shape index (κ2) is 5.27. The van der Waals surface area contributed by atoms with Gasteiger partial charge in [-0.3, -0.25) is 0 Å². The van der Waals surface area contributed by atoms with Crippen LogP contribution in [-0.4, -0.2) is 16.1 Å². The van der Waals surface area contributed by atoms with Crippen LogP contribution >= 0.6 is 0 Å². The molecule has 0 aliphatic rings. The molecular weight excluding hydrogens is 247 g/mol. The Kier molecular flexibility index (Phi) is 4.00. The first-order chi connectivity index (χ1) is 8.36. The number of carbonyl (C=O) groups is 1. The number of H-pyrrole nitrogens is 1. The number of halogens is 3. The monoisotopic (exact) mass is 255 g/mol. The molecule has 6 heteroatoms. The molecule has 18 heavy (non-hydrogen) atoms. The van der Waals surface area contributed by atoms with E-state index in [2.05, 4.69) is 11.4 Å². The van der Waals surface area contributed by atoms with Gasteiger partial charge in [-0.05, 0) is 6.07 Å². The molecule has 0 radical (unpaired) electrons. The number of carboxylic acids is 1. The van der Waals surface area contributed by atoms with Crippen LogP contribution in [0.15, 0.2) is 30.5 Å². The van der Waals surface area contributed by atoms with Gasteiger partial charge in [0, 0.05) is 23.0 Å². The fraction of sp³-hybridized carbons (Fsp3) is 0.0833. The highest BCUT2D eigenvalue weighted by Gasteiger charge is 2.33. The molecule has 0 spiro atoms. The molecule has 0 amide bonds. The lowest BCUT2D eigenvalue weighted by atomic mass is 10.2. The summed E-state index contributed by atoms with van der Waals surface area (Å²) in [5, 5.41) is 7.70. The van der Waals surface area contributed by atoms with Crippen LogP contribution in [0.25, 0.3) is 10.9 Å². The summed E-state index contributed by atoms with van der Waals surface area (Å²) in [6, 6.07) is 6.35. The zero-order valence-corrected chi connectivity index (χ0v) is 8.95. The maximum Gasteiger partial charge on any atom is 0.418 e. The number of hydrogen-bond acceptors (Lipinski definition) is 1. The molecule has 0 aliphatic carbocycles. The third-order valence-corrected chi connectivity index (χ3v) is 2.02. The van der Waals surface area contributed by atoms with Crippen molar-refractivity contribution in [1.82, 2.24) is 4.98 Å². The van der Waals surface area contributed by atoms with Crippen molar-refractivity contribution in [2.24, 2.45) is 0 Å². The Balaban J connectivity index is 0.000000280. The number of rotatable bonds is 0. The van der Waals surface area contributed by atoms with Crippen LogP contribution in [0.2, 0.25) is 0 Å². The summed E-state index contributed by atoms with van der Waals surface area (Å²) < 4.78 is 37.0. The number of fused-ring (bicyclic) bond motifs is 1. The van der Waals surface area contributed by atoms with E-state index in [0.29, 0.717) is 5.52 Å². The Morgan fingerprint density at radius 2 is 1.89 bits per heavy atom. The summed E-state index contributed by atoms with van der Waals surface area (Å²) in [5.41, 5.74) is -0.0991. The van der Waals surface area contributed by atoms with Crippen LogP contribution in [-0.2, 0) is 11.0 Å². The Labute approximate surface area is 100 Å². The van der Waals surface area contributed by atoms with Crippen molar-refractivity contribution in [2.45, 2.75) is 6.18 Å². The number of para-hydroxylation sites is 1. The summed E-state index contributed by atoms with van der Waals surface area (Å²) in [5.74, 6) is 0.227. The molecule has 0 atom stereocenters. The van der Waals surface area contributed by atoms with Gasteiger partial charge in [0.15, 0.2) is 0 Å². The summed E-state index contributed by atoms with van der Waals surface area (Å²) in [6.07, 6.45) is 1.03. The first-order valence-electron chi connectivity index (χ1n) is 4.69. The molecule has 0 fully saturated rings. The van der Waals surface area contributed by atoms with Gasteiger partial charge in [-0.2, -0.15) is 13.2 Å². The molecule has 1 heterocycles. The largest absolute Gasteiger partial charge is 0.472 e. The summed E-state index contributed by atoms with van der Waals surface area (Å²) in [7, 11) is 0. The van der Waals surface area contributed by atoms with Gasteiger partial charge < -0.3 is 10.1 Å². The van der Waals surface area contributed by atoms with Gasteiger partial charge in [-0.1, -0.05) is 18.2 Å². The van der Waals surface area contributed by atoms with Crippen molar-refractivity contribution < 1.29 is 23.1 Å². The molecule has 1 aromatic heterocycles. The van der Waals surface area contributed by atoms with Gasteiger partial charge in [0.2, 0.25) is 0 Å². The standard InChI is InChI=1S/C9H6F3N.C3H2O2/c10-9(11,12)7-5-13-8-4-2-1-3-6(7)8;1-2-3(4)5/h1-5,13H;1H,(H,4,5). The van der Waals surface area contributed by atoms with Crippen molar-refractivity contribution >= 4 is 16.9 Å². The van der Waals surface area contributed by atoms with E-state index >= 15 is 0 Å². The molecule has 0 saturated heterocycles. The smallest absolute Gasteiger partial charge is 0.418 e. The number of aromatic amines is 1. The molecule has 0 unspecified atom stereocenters. The average molecular weight is 255 g/mol. The first kappa shape index (κ1) is 13.6. The van der Waals surface area contributed by atoms with Crippen molar-refractivity contribution in [3.8, 4) is 12.3 Å². The number of terminal acetylenes is 1. The van der Waals surface area contributed by atoms with Crippen LogP contribution in [0.3, 0.4) is 0 Å². The normalized spacial score (nSPS) is 10.3. The van der Waals surface area contributed by atoms with Crippen molar-refractivity contribution in [3.05, 3.63) is 36.0 Å². The average Bonchev–Trinajstić information content (AvgIpc) is 2.73. The number of benzene rings is 1. The maximum absolute atomic E-state index is 12.3. The molecule has 94 valence electrons. The minimum atomic E-state index is -4.28. The van der Waals surface area contributed by atoms with Crippen LogP contribution in [0.5, 0.6) is 0 Å². The van der Waals surface area contributed by atoms with Crippen molar-refractivity contribution in [1.29, 1.82) is 0 Å². The molecule has 2 aromatic rings. The number of aliphatic carboxylic acids is 1. The lowest BCUT2D eigenvalue weighted by Crippen LogP contribution is -2.02. The molecule has 2 rings (SSSR count). The third-order valence-electron chi connectivity index (χ3n) is 2.02. The van der Waals surface area contributed by atoms with Gasteiger partial charge in [0.05, 0.1) is 5.56 Å². The fourth-order valence-corrected chi connectivity index (χ4v) is 1.31. The number of aromatic nitrogens is 1. The topological polar surface area (TPSA) is 53.1 Å². The second-order valence-corrected chi connectivity index (χ2v) is 3.20. The van der Waals surface area contributed by atoms with Crippen LogP contribution in [0.4, 0.5) is 13.2 Å². The van der Waals surface area contributed by atoms with Gasteiger partial charge in [0.25, 0.3) is 0 Å². The molecular formula is C12H8F3NO2. The van der Waals surface area contributed by atoms with Gasteiger partial charge >= 0.3 is 12.1 Å². The van der Waals surface area contributed by atoms with E-state index in [9.17, 15) is 13.2 Å². The summed E-state index contributed by atoms with van der Waals surface area (Å²) in [6.45, 7) is 0. The SMILES string of the molecule is C#CC(=O)O.FC(F)(F)c1c[nH]c2ccccc12. The van der Waals surface area contributed by atoms with E-state index in [-0.39, 0.29) is 5.39 Å². The number of hydrogen-bond donors (Lipinski definition) is 2. The quantitative estimate of drug-likeness (QED) is 0.711. The van der Waals surface area contributed by atoms with E-state index in [4.69, 9.17) is 9.90 Å². The molecule has 3 nitrogen and oxygen atoms in total. The van der Waals surface area contributed by atoms with Gasteiger partial charge in [-0.25, -0.2) is 4.79 Å². The van der Waals surface area contributed by atoms with E-state index in [1.807, 2.05) is 0 Å². The Morgan fingerprint density at radius 3 is 2.39 bits per heavy atom. The molecule has 0 saturated carbocycles. The minimum absolute atomic E-state index is 0.218. The van der Waals surface area contributed by atoms with Gasteiger partial charge in [-0.15, -0.1) is 6.42 Å². The maximum atomic E-state index is 12.3. The molecule has 2 N–H and O–H groups in total. The Hall–Kier alpha value is -2.42.